The summed E-state index contributed by atoms with van der Waals surface area (Å²) in [5.41, 5.74) is 5.14. The molecule has 0 aromatic heterocycles. The molecule has 0 saturated carbocycles. The first-order valence-electron chi connectivity index (χ1n) is 11.2. The van der Waals surface area contributed by atoms with Gasteiger partial charge in [-0.05, 0) is 40.8 Å². The van der Waals surface area contributed by atoms with Crippen LogP contribution in [-0.4, -0.2) is 35.7 Å². The van der Waals surface area contributed by atoms with Crippen molar-refractivity contribution in [1.82, 2.24) is 10.6 Å². The Morgan fingerprint density at radius 2 is 1.49 bits per heavy atom. The standard InChI is InChI=1S/C27H25BrN2O5/c1-16(17-8-6-7-13-23(17)28)29-26(33)24(14-25(31)32)30-27(34)35-15-22-20-11-4-2-9-18(20)19-10-3-5-12-21(19)22/h2-13,16,22,24H,14-15H2,1H3,(H,29,33)(H,30,34)(H,31,32)/t16-,24?/m0/s1. The van der Waals surface area contributed by atoms with Gasteiger partial charge in [0.2, 0.25) is 5.91 Å². The van der Waals surface area contributed by atoms with Crippen LogP contribution in [0.4, 0.5) is 4.79 Å². The number of fused-ring (bicyclic) bond motifs is 3. The summed E-state index contributed by atoms with van der Waals surface area (Å²) in [4.78, 5) is 36.8. The number of carboxylic acids is 1. The zero-order valence-corrected chi connectivity index (χ0v) is 20.6. The smallest absolute Gasteiger partial charge is 0.407 e. The molecule has 0 aliphatic heterocycles. The molecule has 35 heavy (non-hydrogen) atoms. The lowest BCUT2D eigenvalue weighted by molar-refractivity contribution is -0.140. The van der Waals surface area contributed by atoms with Crippen molar-refractivity contribution in [2.75, 3.05) is 6.61 Å². The van der Waals surface area contributed by atoms with Crippen molar-refractivity contribution >= 4 is 33.9 Å². The van der Waals surface area contributed by atoms with E-state index in [-0.39, 0.29) is 12.5 Å². The number of benzene rings is 3. The Balaban J connectivity index is 1.42. The van der Waals surface area contributed by atoms with Crippen LogP contribution in [0.1, 0.15) is 42.0 Å². The van der Waals surface area contributed by atoms with E-state index in [0.29, 0.717) is 0 Å². The highest BCUT2D eigenvalue weighted by Crippen LogP contribution is 2.44. The van der Waals surface area contributed by atoms with Crippen LogP contribution in [0, 0.1) is 0 Å². The predicted molar refractivity (Wildman–Crippen MR) is 135 cm³/mol. The van der Waals surface area contributed by atoms with Crippen LogP contribution in [0.25, 0.3) is 11.1 Å². The molecule has 2 atom stereocenters. The van der Waals surface area contributed by atoms with E-state index in [2.05, 4.69) is 26.6 Å². The van der Waals surface area contributed by atoms with E-state index in [9.17, 15) is 19.5 Å². The van der Waals surface area contributed by atoms with Crippen molar-refractivity contribution in [2.24, 2.45) is 0 Å². The summed E-state index contributed by atoms with van der Waals surface area (Å²) in [6.45, 7) is 1.85. The molecule has 3 N–H and O–H groups in total. The number of carbonyl (C=O) groups is 3. The van der Waals surface area contributed by atoms with Crippen molar-refractivity contribution in [3.8, 4) is 11.1 Å². The Bertz CT molecular complexity index is 1220. The number of hydrogen-bond donors (Lipinski definition) is 3. The average molecular weight is 537 g/mol. The molecule has 1 aliphatic rings. The second-order valence-corrected chi connectivity index (χ2v) is 9.23. The summed E-state index contributed by atoms with van der Waals surface area (Å²) in [5.74, 6) is -1.96. The minimum Gasteiger partial charge on any atom is -0.481 e. The predicted octanol–water partition coefficient (Wildman–Crippen LogP) is 5.01. The summed E-state index contributed by atoms with van der Waals surface area (Å²) in [6.07, 6.45) is -1.42. The molecule has 1 unspecified atom stereocenters. The van der Waals surface area contributed by atoms with Crippen LogP contribution >= 0.6 is 15.9 Å². The summed E-state index contributed by atoms with van der Waals surface area (Å²) in [7, 11) is 0. The molecule has 180 valence electrons. The molecule has 0 saturated heterocycles. The Hall–Kier alpha value is -3.65. The highest BCUT2D eigenvalue weighted by Gasteiger charge is 2.30. The van der Waals surface area contributed by atoms with Gasteiger partial charge in [-0.25, -0.2) is 4.79 Å². The van der Waals surface area contributed by atoms with Crippen molar-refractivity contribution in [2.45, 2.75) is 31.3 Å². The monoisotopic (exact) mass is 536 g/mol. The van der Waals surface area contributed by atoms with E-state index in [4.69, 9.17) is 4.74 Å². The van der Waals surface area contributed by atoms with Gasteiger partial charge in [0, 0.05) is 10.4 Å². The fraction of sp³-hybridized carbons (Fsp3) is 0.222. The summed E-state index contributed by atoms with van der Waals surface area (Å²) in [6, 6.07) is 21.6. The summed E-state index contributed by atoms with van der Waals surface area (Å²) < 4.78 is 6.29. The van der Waals surface area contributed by atoms with E-state index >= 15 is 0 Å². The van der Waals surface area contributed by atoms with Gasteiger partial charge in [0.25, 0.3) is 0 Å². The average Bonchev–Trinajstić information content (AvgIpc) is 3.16. The largest absolute Gasteiger partial charge is 0.481 e. The third-order valence-electron chi connectivity index (χ3n) is 6.06. The van der Waals surface area contributed by atoms with Crippen LogP contribution < -0.4 is 10.6 Å². The molecular formula is C27H25BrN2O5. The molecule has 8 heteroatoms. The molecular weight excluding hydrogens is 512 g/mol. The number of hydrogen-bond acceptors (Lipinski definition) is 4. The Kier molecular flexibility index (Phi) is 7.51. The maximum absolute atomic E-state index is 12.8. The third-order valence-corrected chi connectivity index (χ3v) is 6.78. The number of halogens is 1. The van der Waals surface area contributed by atoms with Crippen LogP contribution in [-0.2, 0) is 14.3 Å². The fourth-order valence-corrected chi connectivity index (χ4v) is 5.01. The van der Waals surface area contributed by atoms with E-state index in [1.165, 1.54) is 0 Å². The van der Waals surface area contributed by atoms with Crippen LogP contribution in [0.5, 0.6) is 0 Å². The minimum absolute atomic E-state index is 0.0641. The second kappa shape index (κ2) is 10.7. The molecule has 3 aromatic rings. The lowest BCUT2D eigenvalue weighted by Gasteiger charge is -2.21. The number of rotatable bonds is 8. The number of ether oxygens (including phenoxy) is 1. The molecule has 0 heterocycles. The van der Waals surface area contributed by atoms with Gasteiger partial charge in [-0.15, -0.1) is 0 Å². The quantitative estimate of drug-likeness (QED) is 0.375. The Labute approximate surface area is 211 Å². The molecule has 1 aliphatic carbocycles. The molecule has 0 fully saturated rings. The van der Waals surface area contributed by atoms with E-state index in [0.717, 1.165) is 32.3 Å². The Morgan fingerprint density at radius 3 is 2.09 bits per heavy atom. The van der Waals surface area contributed by atoms with Gasteiger partial charge in [-0.3, -0.25) is 9.59 Å². The van der Waals surface area contributed by atoms with Gasteiger partial charge in [0.05, 0.1) is 12.5 Å². The van der Waals surface area contributed by atoms with E-state index < -0.39 is 36.5 Å². The van der Waals surface area contributed by atoms with Gasteiger partial charge in [-0.1, -0.05) is 82.7 Å². The lowest BCUT2D eigenvalue weighted by atomic mass is 9.98. The number of carbonyl (C=O) groups excluding carboxylic acids is 2. The van der Waals surface area contributed by atoms with Crippen LogP contribution in [0.15, 0.2) is 77.3 Å². The molecule has 0 spiro atoms. The van der Waals surface area contributed by atoms with E-state index in [1.54, 1.807) is 6.92 Å². The normalized spacial score (nSPS) is 13.8. The number of alkyl carbamates (subject to hydrolysis) is 1. The highest BCUT2D eigenvalue weighted by atomic mass is 79.9. The summed E-state index contributed by atoms with van der Waals surface area (Å²) in [5, 5.41) is 14.5. The molecule has 2 amide bonds. The van der Waals surface area contributed by atoms with Gasteiger partial charge in [-0.2, -0.15) is 0 Å². The molecule has 4 rings (SSSR count). The van der Waals surface area contributed by atoms with Crippen molar-refractivity contribution < 1.29 is 24.2 Å². The zero-order chi connectivity index (χ0) is 24.9. The summed E-state index contributed by atoms with van der Waals surface area (Å²) >= 11 is 3.45. The zero-order valence-electron chi connectivity index (χ0n) is 19.0. The molecule has 7 nitrogen and oxygen atoms in total. The maximum Gasteiger partial charge on any atom is 0.407 e. The minimum atomic E-state index is -1.28. The molecule has 3 aromatic carbocycles. The first-order chi connectivity index (χ1) is 16.8. The number of carboxylic acid groups (broad SMARTS) is 1. The third kappa shape index (κ3) is 5.54. The van der Waals surface area contributed by atoms with Crippen LogP contribution in [0.2, 0.25) is 0 Å². The van der Waals surface area contributed by atoms with Gasteiger partial charge in [0.1, 0.15) is 12.6 Å². The van der Waals surface area contributed by atoms with Gasteiger partial charge < -0.3 is 20.5 Å². The van der Waals surface area contributed by atoms with E-state index in [1.807, 2.05) is 72.8 Å². The number of amides is 2. The molecule has 0 bridgehead atoms. The first kappa shape index (κ1) is 24.5. The highest BCUT2D eigenvalue weighted by molar-refractivity contribution is 9.10. The topological polar surface area (TPSA) is 105 Å². The number of aliphatic carboxylic acids is 1. The fourth-order valence-electron chi connectivity index (χ4n) is 4.38. The van der Waals surface area contributed by atoms with Crippen molar-refractivity contribution in [3.05, 3.63) is 94.0 Å². The lowest BCUT2D eigenvalue weighted by Crippen LogP contribution is -2.48. The first-order valence-corrected chi connectivity index (χ1v) is 12.0. The van der Waals surface area contributed by atoms with Gasteiger partial charge >= 0.3 is 12.1 Å². The van der Waals surface area contributed by atoms with Gasteiger partial charge in [0.15, 0.2) is 0 Å². The van der Waals surface area contributed by atoms with Crippen molar-refractivity contribution in [3.63, 3.8) is 0 Å². The second-order valence-electron chi connectivity index (χ2n) is 8.37. The Morgan fingerprint density at radius 1 is 0.914 bits per heavy atom. The number of nitrogens with one attached hydrogen (secondary N) is 2. The molecule has 0 radical (unpaired) electrons. The van der Waals surface area contributed by atoms with Crippen molar-refractivity contribution in [1.29, 1.82) is 0 Å². The van der Waals surface area contributed by atoms with Crippen LogP contribution in [0.3, 0.4) is 0 Å². The maximum atomic E-state index is 12.8. The SMILES string of the molecule is C[C@H](NC(=O)C(CC(=O)O)NC(=O)OCC1c2ccccc2-c2ccccc21)c1ccccc1Br.